The number of benzene rings is 1. The van der Waals surface area contributed by atoms with Gasteiger partial charge in [0.2, 0.25) is 5.91 Å². The minimum atomic E-state index is -0.634. The molecule has 128 valence electrons. The highest BCUT2D eigenvalue weighted by atomic mass is 16.4. The molecular formula is C18H22N2O4. The highest BCUT2D eigenvalue weighted by molar-refractivity contribution is 5.96. The molecule has 2 aromatic rings. The number of hydrogen-bond acceptors (Lipinski definition) is 4. The Labute approximate surface area is 140 Å². The van der Waals surface area contributed by atoms with Crippen LogP contribution in [0.5, 0.6) is 0 Å². The van der Waals surface area contributed by atoms with Gasteiger partial charge in [0.05, 0.1) is 0 Å². The number of aryl methyl sites for hydroxylation is 1. The van der Waals surface area contributed by atoms with Crippen molar-refractivity contribution in [2.24, 2.45) is 0 Å². The van der Waals surface area contributed by atoms with Crippen molar-refractivity contribution < 1.29 is 14.0 Å². The molecular weight excluding hydrogens is 308 g/mol. The van der Waals surface area contributed by atoms with E-state index >= 15 is 0 Å². The number of carbonyl (C=O) groups is 2. The fourth-order valence-corrected chi connectivity index (χ4v) is 2.38. The lowest BCUT2D eigenvalue weighted by atomic mass is 10.1. The Morgan fingerprint density at radius 2 is 1.75 bits per heavy atom. The number of carbonyl (C=O) groups excluding carboxylic acids is 2. The molecule has 0 atom stereocenters. The summed E-state index contributed by atoms with van der Waals surface area (Å²) in [5.74, 6) is -0.397. The van der Waals surface area contributed by atoms with E-state index < -0.39 is 5.63 Å². The summed E-state index contributed by atoms with van der Waals surface area (Å²) in [4.78, 5) is 38.8. The maximum Gasteiger partial charge on any atom is 0.349 e. The van der Waals surface area contributed by atoms with Crippen LogP contribution in [-0.4, -0.2) is 48.8 Å². The van der Waals surface area contributed by atoms with Gasteiger partial charge in [-0.25, -0.2) is 4.79 Å². The Balaban J connectivity index is 2.12. The van der Waals surface area contributed by atoms with Crippen molar-refractivity contribution in [3.05, 3.63) is 45.8 Å². The van der Waals surface area contributed by atoms with E-state index in [2.05, 4.69) is 0 Å². The van der Waals surface area contributed by atoms with Crippen LogP contribution in [0.1, 0.15) is 29.3 Å². The Bertz CT molecular complexity index is 825. The molecule has 0 fully saturated rings. The lowest BCUT2D eigenvalue weighted by Crippen LogP contribution is -2.33. The van der Waals surface area contributed by atoms with Gasteiger partial charge in [-0.05, 0) is 31.0 Å². The van der Waals surface area contributed by atoms with Crippen LogP contribution in [0.3, 0.4) is 0 Å². The molecule has 24 heavy (non-hydrogen) atoms. The van der Waals surface area contributed by atoms with Crippen LogP contribution in [0.4, 0.5) is 0 Å². The third-order valence-corrected chi connectivity index (χ3v) is 3.99. The van der Waals surface area contributed by atoms with Crippen LogP contribution in [0.25, 0.3) is 11.0 Å². The summed E-state index contributed by atoms with van der Waals surface area (Å²) in [5.41, 5.74) is 0.846. The molecule has 0 spiro atoms. The van der Waals surface area contributed by atoms with Crippen molar-refractivity contribution >= 4 is 22.8 Å². The van der Waals surface area contributed by atoms with E-state index in [1.807, 2.05) is 19.1 Å². The molecule has 0 unspecified atom stereocenters. The van der Waals surface area contributed by atoms with Gasteiger partial charge in [0.1, 0.15) is 11.1 Å². The maximum absolute atomic E-state index is 12.5. The summed E-state index contributed by atoms with van der Waals surface area (Å²) in [5, 5.41) is 0.716. The van der Waals surface area contributed by atoms with Gasteiger partial charge in [-0.3, -0.25) is 9.59 Å². The monoisotopic (exact) mass is 330 g/mol. The van der Waals surface area contributed by atoms with Gasteiger partial charge >= 0.3 is 5.63 Å². The lowest BCUT2D eigenvalue weighted by molar-refractivity contribution is -0.127. The van der Waals surface area contributed by atoms with Crippen molar-refractivity contribution in [2.45, 2.75) is 20.3 Å². The number of nitrogens with zero attached hydrogens (tertiary/aromatic N) is 2. The van der Waals surface area contributed by atoms with E-state index in [4.69, 9.17) is 4.42 Å². The van der Waals surface area contributed by atoms with Gasteiger partial charge in [-0.15, -0.1) is 0 Å². The van der Waals surface area contributed by atoms with Gasteiger partial charge in [0.15, 0.2) is 0 Å². The van der Waals surface area contributed by atoms with Crippen molar-refractivity contribution in [3.63, 3.8) is 0 Å². The van der Waals surface area contributed by atoms with Crippen molar-refractivity contribution in [2.75, 3.05) is 27.2 Å². The minimum absolute atomic E-state index is 0.0190. The molecule has 1 aromatic carbocycles. The zero-order valence-corrected chi connectivity index (χ0v) is 14.5. The van der Waals surface area contributed by atoms with E-state index in [-0.39, 0.29) is 17.4 Å². The Hall–Kier alpha value is -2.63. The Morgan fingerprint density at radius 1 is 1.08 bits per heavy atom. The number of fused-ring (bicyclic) bond motifs is 1. The highest BCUT2D eigenvalue weighted by Crippen LogP contribution is 2.16. The normalized spacial score (nSPS) is 10.7. The molecule has 0 aliphatic carbocycles. The summed E-state index contributed by atoms with van der Waals surface area (Å²) in [7, 11) is 3.35. The molecule has 0 radical (unpaired) electrons. The predicted octanol–water partition coefficient (Wildman–Crippen LogP) is 2.04. The summed E-state index contributed by atoms with van der Waals surface area (Å²) in [6.45, 7) is 4.40. The first kappa shape index (κ1) is 17.7. The summed E-state index contributed by atoms with van der Waals surface area (Å²) in [6, 6.07) is 7.07. The number of hydrogen-bond donors (Lipinski definition) is 0. The molecule has 1 heterocycles. The van der Waals surface area contributed by atoms with Crippen LogP contribution in [0.2, 0.25) is 0 Å². The van der Waals surface area contributed by atoms with Gasteiger partial charge in [0, 0.05) is 39.5 Å². The molecule has 0 aliphatic heterocycles. The third-order valence-electron chi connectivity index (χ3n) is 3.99. The third kappa shape index (κ3) is 4.01. The number of rotatable bonds is 5. The SMILES string of the molecule is CC(=O)N(C)CCCN(C)C(=O)c1cc2ccc(C)cc2oc1=O. The molecule has 2 amide bonds. The van der Waals surface area contributed by atoms with E-state index in [1.165, 1.54) is 11.8 Å². The molecule has 2 rings (SSSR count). The standard InChI is InChI=1S/C18H22N2O4/c1-12-6-7-14-11-15(18(23)24-16(14)10-12)17(22)20(4)9-5-8-19(3)13(2)21/h6-7,10-11H,5,8-9H2,1-4H3. The Morgan fingerprint density at radius 3 is 2.42 bits per heavy atom. The summed E-state index contributed by atoms with van der Waals surface area (Å²) >= 11 is 0. The zero-order chi connectivity index (χ0) is 17.9. The van der Waals surface area contributed by atoms with E-state index in [0.29, 0.717) is 30.5 Å². The lowest BCUT2D eigenvalue weighted by Gasteiger charge is -2.19. The first-order valence-electron chi connectivity index (χ1n) is 7.81. The van der Waals surface area contributed by atoms with E-state index in [0.717, 1.165) is 5.56 Å². The molecule has 0 aliphatic rings. The molecule has 0 saturated carbocycles. The van der Waals surface area contributed by atoms with Crippen molar-refractivity contribution in [1.82, 2.24) is 9.80 Å². The second-order valence-corrected chi connectivity index (χ2v) is 6.01. The average Bonchev–Trinajstić information content (AvgIpc) is 2.53. The highest BCUT2D eigenvalue weighted by Gasteiger charge is 2.18. The molecule has 6 heteroatoms. The van der Waals surface area contributed by atoms with Crippen LogP contribution >= 0.6 is 0 Å². The fourth-order valence-electron chi connectivity index (χ4n) is 2.38. The maximum atomic E-state index is 12.5. The predicted molar refractivity (Wildman–Crippen MR) is 92.1 cm³/mol. The summed E-state index contributed by atoms with van der Waals surface area (Å²) < 4.78 is 5.26. The number of amides is 2. The van der Waals surface area contributed by atoms with Gasteiger partial charge in [-0.2, -0.15) is 0 Å². The quantitative estimate of drug-likeness (QED) is 0.787. The molecule has 6 nitrogen and oxygen atoms in total. The topological polar surface area (TPSA) is 70.8 Å². The first-order chi connectivity index (χ1) is 11.3. The van der Waals surface area contributed by atoms with Crippen LogP contribution in [0, 0.1) is 6.92 Å². The first-order valence-corrected chi connectivity index (χ1v) is 7.81. The zero-order valence-electron chi connectivity index (χ0n) is 14.5. The molecule has 0 bridgehead atoms. The molecule has 0 N–H and O–H groups in total. The molecule has 1 aromatic heterocycles. The summed E-state index contributed by atoms with van der Waals surface area (Å²) in [6.07, 6.45) is 0.635. The smallest absolute Gasteiger partial charge is 0.349 e. The van der Waals surface area contributed by atoms with Crippen LogP contribution < -0.4 is 5.63 Å². The van der Waals surface area contributed by atoms with Gasteiger partial charge in [0.25, 0.3) is 5.91 Å². The van der Waals surface area contributed by atoms with Gasteiger partial charge in [-0.1, -0.05) is 12.1 Å². The van der Waals surface area contributed by atoms with Crippen molar-refractivity contribution in [3.8, 4) is 0 Å². The second-order valence-electron chi connectivity index (χ2n) is 6.01. The minimum Gasteiger partial charge on any atom is -0.422 e. The fraction of sp³-hybridized carbons (Fsp3) is 0.389. The van der Waals surface area contributed by atoms with E-state index in [9.17, 15) is 14.4 Å². The largest absolute Gasteiger partial charge is 0.422 e. The van der Waals surface area contributed by atoms with Crippen LogP contribution in [-0.2, 0) is 4.79 Å². The second kappa shape index (κ2) is 7.29. The molecule has 0 saturated heterocycles. The average molecular weight is 330 g/mol. The Kier molecular flexibility index (Phi) is 5.39. The van der Waals surface area contributed by atoms with Gasteiger partial charge < -0.3 is 14.2 Å². The van der Waals surface area contributed by atoms with Crippen molar-refractivity contribution in [1.29, 1.82) is 0 Å². The van der Waals surface area contributed by atoms with Crippen LogP contribution in [0.15, 0.2) is 33.5 Å². The van der Waals surface area contributed by atoms with E-state index in [1.54, 1.807) is 31.1 Å².